The largest absolute Gasteiger partial charge is 0.467 e. The number of guanidine groups is 1. The molecule has 0 radical (unpaired) electrons. The van der Waals surface area contributed by atoms with Gasteiger partial charge in [-0.3, -0.25) is 4.99 Å². The summed E-state index contributed by atoms with van der Waals surface area (Å²) in [7, 11) is 1.81. The second-order valence-electron chi connectivity index (χ2n) is 7.22. The SMILES string of the molecule is CCC1(C)CCN(C(=NC)NCCc2cc(F)cc3c2OCOC3)C1.I. The van der Waals surface area contributed by atoms with Gasteiger partial charge in [-0.1, -0.05) is 13.8 Å². The topological polar surface area (TPSA) is 46.1 Å². The summed E-state index contributed by atoms with van der Waals surface area (Å²) in [6, 6.07) is 3.04. The Hall–Kier alpha value is -1.09. The molecule has 0 saturated carbocycles. The number of hydrogen-bond acceptors (Lipinski definition) is 3. The molecule has 1 aromatic carbocycles. The van der Waals surface area contributed by atoms with Gasteiger partial charge in [0.25, 0.3) is 0 Å². The van der Waals surface area contributed by atoms with Crippen molar-refractivity contribution in [3.05, 3.63) is 29.1 Å². The van der Waals surface area contributed by atoms with Crippen LogP contribution in [0.15, 0.2) is 17.1 Å². The van der Waals surface area contributed by atoms with E-state index in [4.69, 9.17) is 9.47 Å². The second kappa shape index (κ2) is 9.21. The van der Waals surface area contributed by atoms with Gasteiger partial charge in [0.1, 0.15) is 11.6 Å². The average Bonchev–Trinajstić information content (AvgIpc) is 3.01. The first-order valence-corrected chi connectivity index (χ1v) is 9.02. The Morgan fingerprint density at radius 2 is 2.23 bits per heavy atom. The third-order valence-corrected chi connectivity index (χ3v) is 5.35. The monoisotopic (exact) mass is 477 g/mol. The summed E-state index contributed by atoms with van der Waals surface area (Å²) >= 11 is 0. The number of ether oxygens (including phenoxy) is 2. The molecule has 1 saturated heterocycles. The van der Waals surface area contributed by atoms with E-state index in [9.17, 15) is 4.39 Å². The molecule has 5 nitrogen and oxygen atoms in total. The maximum Gasteiger partial charge on any atom is 0.193 e. The zero-order valence-corrected chi connectivity index (χ0v) is 18.1. The molecule has 3 rings (SSSR count). The van der Waals surface area contributed by atoms with Gasteiger partial charge in [0.2, 0.25) is 0 Å². The molecule has 2 aliphatic heterocycles. The molecule has 26 heavy (non-hydrogen) atoms. The minimum absolute atomic E-state index is 0. The Kier molecular flexibility index (Phi) is 7.52. The molecule has 1 atom stereocenters. The lowest BCUT2D eigenvalue weighted by molar-refractivity contribution is -0.0172. The number of likely N-dealkylation sites (tertiary alicyclic amines) is 1. The first kappa shape index (κ1) is 21.2. The zero-order valence-electron chi connectivity index (χ0n) is 15.8. The summed E-state index contributed by atoms with van der Waals surface area (Å²) in [5.74, 6) is 1.45. The second-order valence-corrected chi connectivity index (χ2v) is 7.22. The number of hydrogen-bond donors (Lipinski definition) is 1. The van der Waals surface area contributed by atoms with Crippen LogP contribution in [0.25, 0.3) is 0 Å². The van der Waals surface area contributed by atoms with E-state index in [1.807, 2.05) is 7.05 Å². The molecule has 1 N–H and O–H groups in total. The number of nitrogens with one attached hydrogen (secondary N) is 1. The summed E-state index contributed by atoms with van der Waals surface area (Å²) in [6.45, 7) is 7.95. The van der Waals surface area contributed by atoms with E-state index in [1.165, 1.54) is 18.9 Å². The lowest BCUT2D eigenvalue weighted by Gasteiger charge is -2.25. The van der Waals surface area contributed by atoms with Crippen molar-refractivity contribution in [3.8, 4) is 5.75 Å². The Labute approximate surface area is 172 Å². The maximum atomic E-state index is 13.8. The third-order valence-electron chi connectivity index (χ3n) is 5.35. The van der Waals surface area contributed by atoms with Crippen molar-refractivity contribution in [2.45, 2.75) is 39.7 Å². The van der Waals surface area contributed by atoms with Crippen LogP contribution in [0.4, 0.5) is 4.39 Å². The van der Waals surface area contributed by atoms with Gasteiger partial charge in [-0.15, -0.1) is 24.0 Å². The van der Waals surface area contributed by atoms with Crippen molar-refractivity contribution in [3.63, 3.8) is 0 Å². The van der Waals surface area contributed by atoms with Crippen molar-refractivity contribution in [2.24, 2.45) is 10.4 Å². The van der Waals surface area contributed by atoms with Crippen molar-refractivity contribution in [2.75, 3.05) is 33.5 Å². The summed E-state index contributed by atoms with van der Waals surface area (Å²) in [4.78, 5) is 6.73. The highest BCUT2D eigenvalue weighted by molar-refractivity contribution is 14.0. The number of halogens is 2. The number of aliphatic imine (C=N–C) groups is 1. The van der Waals surface area contributed by atoms with Gasteiger partial charge >= 0.3 is 0 Å². The van der Waals surface area contributed by atoms with Crippen molar-refractivity contribution >= 4 is 29.9 Å². The van der Waals surface area contributed by atoms with Crippen molar-refractivity contribution in [1.82, 2.24) is 10.2 Å². The fourth-order valence-corrected chi connectivity index (χ4v) is 3.58. The van der Waals surface area contributed by atoms with Crippen molar-refractivity contribution in [1.29, 1.82) is 0 Å². The maximum absolute atomic E-state index is 13.8. The summed E-state index contributed by atoms with van der Waals surface area (Å²) in [5.41, 5.74) is 2.03. The first-order chi connectivity index (χ1) is 12.0. The zero-order chi connectivity index (χ0) is 17.9. The quantitative estimate of drug-likeness (QED) is 0.410. The summed E-state index contributed by atoms with van der Waals surface area (Å²) in [6.07, 6.45) is 3.04. The van der Waals surface area contributed by atoms with Crippen LogP contribution in [0.3, 0.4) is 0 Å². The van der Waals surface area contributed by atoms with Gasteiger partial charge in [-0.05, 0) is 42.4 Å². The number of nitrogens with zero attached hydrogens (tertiary/aromatic N) is 2. The van der Waals surface area contributed by atoms with Gasteiger partial charge in [-0.2, -0.15) is 0 Å². The highest BCUT2D eigenvalue weighted by Crippen LogP contribution is 2.33. The van der Waals surface area contributed by atoms with Gasteiger partial charge in [-0.25, -0.2) is 4.39 Å². The Balaban J connectivity index is 0.00000243. The predicted octanol–water partition coefficient (Wildman–Crippen LogP) is 3.55. The average molecular weight is 477 g/mol. The van der Waals surface area contributed by atoms with Crippen LogP contribution in [-0.4, -0.2) is 44.3 Å². The fraction of sp³-hybridized carbons (Fsp3) is 0.632. The minimum Gasteiger partial charge on any atom is -0.467 e. The normalized spacial score (nSPS) is 22.5. The first-order valence-electron chi connectivity index (χ1n) is 9.02. The highest BCUT2D eigenvalue weighted by Gasteiger charge is 2.33. The van der Waals surface area contributed by atoms with Crippen LogP contribution < -0.4 is 10.1 Å². The van der Waals surface area contributed by atoms with Gasteiger partial charge in [0.05, 0.1) is 6.61 Å². The smallest absolute Gasteiger partial charge is 0.193 e. The predicted molar refractivity (Wildman–Crippen MR) is 112 cm³/mol. The highest BCUT2D eigenvalue weighted by atomic mass is 127. The Morgan fingerprint density at radius 1 is 1.42 bits per heavy atom. The summed E-state index contributed by atoms with van der Waals surface area (Å²) < 4.78 is 24.6. The van der Waals surface area contributed by atoms with Gasteiger partial charge in [0, 0.05) is 32.2 Å². The molecular formula is C19H29FIN3O2. The van der Waals surface area contributed by atoms with E-state index in [2.05, 4.69) is 29.1 Å². The Morgan fingerprint density at radius 3 is 2.92 bits per heavy atom. The molecule has 1 aromatic rings. The standard InChI is InChI=1S/C19H28FN3O2.HI/c1-4-19(2)6-8-23(12-19)18(21-3)22-7-5-14-9-16(20)10-15-11-24-13-25-17(14)15;/h9-10H,4-8,11-13H2,1-3H3,(H,21,22);1H. The van der Waals surface area contributed by atoms with Gasteiger partial charge in [0.15, 0.2) is 12.8 Å². The van der Waals surface area contributed by atoms with E-state index in [0.29, 0.717) is 25.0 Å². The van der Waals surface area contributed by atoms with Crippen LogP contribution in [0.2, 0.25) is 0 Å². The molecule has 2 heterocycles. The molecule has 0 amide bonds. The molecule has 0 bridgehead atoms. The fourth-order valence-electron chi connectivity index (χ4n) is 3.58. The Bertz CT molecular complexity index is 656. The molecule has 0 aliphatic carbocycles. The molecule has 2 aliphatic rings. The molecule has 146 valence electrons. The van der Waals surface area contributed by atoms with Crippen LogP contribution in [0.1, 0.15) is 37.8 Å². The van der Waals surface area contributed by atoms with Gasteiger partial charge < -0.3 is 19.7 Å². The van der Waals surface area contributed by atoms with E-state index < -0.39 is 0 Å². The minimum atomic E-state index is -0.245. The van der Waals surface area contributed by atoms with E-state index in [-0.39, 0.29) is 36.6 Å². The van der Waals surface area contributed by atoms with E-state index in [0.717, 1.165) is 35.9 Å². The molecule has 0 aromatic heterocycles. The molecule has 1 unspecified atom stereocenters. The lowest BCUT2D eigenvalue weighted by Crippen LogP contribution is -2.41. The number of rotatable bonds is 4. The molecule has 7 heteroatoms. The third kappa shape index (κ3) is 4.79. The van der Waals surface area contributed by atoms with Crippen LogP contribution in [0.5, 0.6) is 5.75 Å². The molecule has 1 fully saturated rings. The summed E-state index contributed by atoms with van der Waals surface area (Å²) in [5, 5.41) is 3.41. The number of benzene rings is 1. The van der Waals surface area contributed by atoms with Crippen LogP contribution in [-0.2, 0) is 17.8 Å². The lowest BCUT2D eigenvalue weighted by atomic mass is 9.87. The molecular weight excluding hydrogens is 448 g/mol. The number of fused-ring (bicyclic) bond motifs is 1. The molecule has 0 spiro atoms. The van der Waals surface area contributed by atoms with Crippen molar-refractivity contribution < 1.29 is 13.9 Å². The van der Waals surface area contributed by atoms with Crippen LogP contribution in [0, 0.1) is 11.2 Å². The van der Waals surface area contributed by atoms with Crippen LogP contribution >= 0.6 is 24.0 Å². The van der Waals surface area contributed by atoms with E-state index in [1.54, 1.807) is 6.07 Å². The van der Waals surface area contributed by atoms with E-state index >= 15 is 0 Å².